The third-order valence-corrected chi connectivity index (χ3v) is 4.47. The predicted molar refractivity (Wildman–Crippen MR) is 87.4 cm³/mol. The molecule has 8 heteroatoms. The number of aromatic nitrogens is 2. The molecule has 0 saturated carbocycles. The van der Waals surface area contributed by atoms with Crippen LogP contribution < -0.4 is 10.6 Å². The second kappa shape index (κ2) is 7.79. The maximum atomic E-state index is 12.1. The number of halogens is 1. The number of rotatable bonds is 5. The molecule has 2 fully saturated rings. The smallest absolute Gasteiger partial charge is 0.327 e. The van der Waals surface area contributed by atoms with E-state index in [1.54, 1.807) is 12.3 Å². The molecule has 0 radical (unpaired) electrons. The highest BCUT2D eigenvalue weighted by atomic mass is 35.5. The van der Waals surface area contributed by atoms with Crippen LogP contribution in [0.4, 0.5) is 5.82 Å². The van der Waals surface area contributed by atoms with Crippen LogP contribution in [0, 0.1) is 5.92 Å². The molecule has 2 N–H and O–H groups in total. The summed E-state index contributed by atoms with van der Waals surface area (Å²) in [6.07, 6.45) is 6.83. The third-order valence-electron chi connectivity index (χ3n) is 4.47. The summed E-state index contributed by atoms with van der Waals surface area (Å²) in [4.78, 5) is 23.3. The monoisotopic (exact) mass is 342 g/mol. The van der Waals surface area contributed by atoms with Crippen LogP contribution in [0.5, 0.6) is 0 Å². The van der Waals surface area contributed by atoms with Crippen molar-refractivity contribution in [2.75, 3.05) is 12.4 Å². The zero-order valence-corrected chi connectivity index (χ0v) is 14.0. The summed E-state index contributed by atoms with van der Waals surface area (Å²) in [5.74, 6) is 0.558. The van der Waals surface area contributed by atoms with E-state index in [1.807, 2.05) is 0 Å². The Morgan fingerprint density at radius 2 is 2.09 bits per heavy atom. The minimum atomic E-state index is -0.369. The molecule has 2 aliphatic rings. The van der Waals surface area contributed by atoms with E-state index in [9.17, 15) is 9.59 Å². The molecule has 3 heterocycles. The average Bonchev–Trinajstić information content (AvgIpc) is 3.05. The number of nitrogens with zero attached hydrogens (tertiary/aromatic N) is 2. The van der Waals surface area contributed by atoms with Gasteiger partial charge in [-0.05, 0) is 31.6 Å². The molecule has 0 spiro atoms. The molecule has 128 valence electrons. The number of methoxy groups -OCH3 is 1. The molecule has 2 bridgehead atoms. The van der Waals surface area contributed by atoms with Gasteiger partial charge in [0.15, 0.2) is 5.82 Å². The number of carbonyl (C=O) groups excluding carboxylic acids is 2. The van der Waals surface area contributed by atoms with Crippen LogP contribution in [-0.2, 0) is 20.9 Å². The molecule has 1 aromatic rings. The van der Waals surface area contributed by atoms with Crippen molar-refractivity contribution in [3.8, 4) is 0 Å². The number of fused-ring (bicyclic) bond motifs is 2. The highest BCUT2D eigenvalue weighted by Gasteiger charge is 2.34. The second-order valence-electron chi connectivity index (χ2n) is 6.20. The quantitative estimate of drug-likeness (QED) is 0.789. The van der Waals surface area contributed by atoms with Gasteiger partial charge in [-0.2, -0.15) is 5.10 Å². The van der Waals surface area contributed by atoms with E-state index < -0.39 is 0 Å². The lowest BCUT2D eigenvalue weighted by molar-refractivity contribution is -0.141. The summed E-state index contributed by atoms with van der Waals surface area (Å²) in [7, 11) is 1.33. The van der Waals surface area contributed by atoms with Crippen molar-refractivity contribution in [1.29, 1.82) is 0 Å². The molecule has 2 atom stereocenters. The second-order valence-corrected chi connectivity index (χ2v) is 6.20. The summed E-state index contributed by atoms with van der Waals surface area (Å²) < 4.78 is 6.03. The van der Waals surface area contributed by atoms with Crippen molar-refractivity contribution in [1.82, 2.24) is 15.1 Å². The van der Waals surface area contributed by atoms with Gasteiger partial charge in [0.25, 0.3) is 0 Å². The maximum absolute atomic E-state index is 12.1. The minimum Gasteiger partial charge on any atom is -0.468 e. The fourth-order valence-corrected chi connectivity index (χ4v) is 3.51. The number of carbonyl (C=O) groups is 2. The summed E-state index contributed by atoms with van der Waals surface area (Å²) in [5, 5.41) is 10.5. The van der Waals surface area contributed by atoms with E-state index in [1.165, 1.54) is 24.6 Å². The highest BCUT2D eigenvalue weighted by molar-refractivity contribution is 5.89. The maximum Gasteiger partial charge on any atom is 0.327 e. The molecule has 0 aliphatic carbocycles. The SMILES string of the molecule is COC(=O)Cn1ccc(NC(=O)CC2CC3CCC(C2)N3)n1.Cl. The lowest BCUT2D eigenvalue weighted by Gasteiger charge is -2.28. The number of ether oxygens (including phenoxy) is 1. The third kappa shape index (κ3) is 4.68. The average molecular weight is 343 g/mol. The van der Waals surface area contributed by atoms with Gasteiger partial charge < -0.3 is 15.4 Å². The van der Waals surface area contributed by atoms with Gasteiger partial charge in [0.1, 0.15) is 6.54 Å². The van der Waals surface area contributed by atoms with Gasteiger partial charge in [-0.25, -0.2) is 0 Å². The first kappa shape index (κ1) is 17.7. The van der Waals surface area contributed by atoms with E-state index in [2.05, 4.69) is 20.5 Å². The number of amides is 1. The van der Waals surface area contributed by atoms with Crippen LogP contribution in [0.15, 0.2) is 12.3 Å². The van der Waals surface area contributed by atoms with E-state index in [0.29, 0.717) is 30.2 Å². The highest BCUT2D eigenvalue weighted by Crippen LogP contribution is 2.32. The largest absolute Gasteiger partial charge is 0.468 e. The van der Waals surface area contributed by atoms with Gasteiger partial charge >= 0.3 is 5.97 Å². The Morgan fingerprint density at radius 3 is 2.74 bits per heavy atom. The Bertz CT molecular complexity index is 551. The standard InChI is InChI=1S/C15H22N4O3.ClH/c1-22-15(21)9-19-5-4-13(18-19)17-14(20)8-10-6-11-2-3-12(7-10)16-11;/h4-5,10-12,16H,2-3,6-9H2,1H3,(H,17,18,20);1H. The number of piperidine rings is 1. The minimum absolute atomic E-state index is 0. The van der Waals surface area contributed by atoms with Gasteiger partial charge in [0.05, 0.1) is 7.11 Å². The number of nitrogens with one attached hydrogen (secondary N) is 2. The van der Waals surface area contributed by atoms with E-state index in [0.717, 1.165) is 12.8 Å². The Kier molecular flexibility index (Phi) is 6.01. The van der Waals surface area contributed by atoms with Crippen LogP contribution in [0.1, 0.15) is 32.1 Å². The molecule has 2 saturated heterocycles. The molecule has 7 nitrogen and oxygen atoms in total. The zero-order valence-electron chi connectivity index (χ0n) is 13.2. The van der Waals surface area contributed by atoms with Crippen LogP contribution >= 0.6 is 12.4 Å². The number of hydrogen-bond donors (Lipinski definition) is 2. The Labute approximate surface area is 141 Å². The summed E-state index contributed by atoms with van der Waals surface area (Å²) >= 11 is 0. The van der Waals surface area contributed by atoms with Crippen molar-refractivity contribution < 1.29 is 14.3 Å². The first-order valence-corrected chi connectivity index (χ1v) is 7.78. The molecular formula is C15H23ClN4O3. The van der Waals surface area contributed by atoms with Crippen molar-refractivity contribution in [3.05, 3.63) is 12.3 Å². The summed E-state index contributed by atoms with van der Waals surface area (Å²) in [6.45, 7) is 0.0457. The molecule has 1 amide bonds. The fraction of sp³-hybridized carbons (Fsp3) is 0.667. The van der Waals surface area contributed by atoms with Gasteiger partial charge in [-0.1, -0.05) is 0 Å². The predicted octanol–water partition coefficient (Wildman–Crippen LogP) is 1.34. The normalized spacial score (nSPS) is 25.5. The number of hydrogen-bond acceptors (Lipinski definition) is 5. The molecule has 2 aliphatic heterocycles. The molecule has 0 aromatic carbocycles. The van der Waals surface area contributed by atoms with Crippen LogP contribution in [-0.4, -0.2) is 40.9 Å². The summed E-state index contributed by atoms with van der Waals surface area (Å²) in [5.41, 5.74) is 0. The first-order chi connectivity index (χ1) is 10.6. The summed E-state index contributed by atoms with van der Waals surface area (Å²) in [6, 6.07) is 2.87. The first-order valence-electron chi connectivity index (χ1n) is 7.78. The Hall–Kier alpha value is -1.60. The molecule has 2 unspecified atom stereocenters. The number of anilines is 1. The lowest BCUT2D eigenvalue weighted by atomic mass is 9.89. The van der Waals surface area contributed by atoms with Gasteiger partial charge in [0.2, 0.25) is 5.91 Å². The van der Waals surface area contributed by atoms with E-state index in [-0.39, 0.29) is 30.8 Å². The Morgan fingerprint density at radius 1 is 1.39 bits per heavy atom. The van der Waals surface area contributed by atoms with Gasteiger partial charge in [-0.3, -0.25) is 14.3 Å². The van der Waals surface area contributed by atoms with Crippen molar-refractivity contribution in [2.24, 2.45) is 5.92 Å². The zero-order chi connectivity index (χ0) is 15.5. The lowest BCUT2D eigenvalue weighted by Crippen LogP contribution is -2.39. The van der Waals surface area contributed by atoms with Gasteiger partial charge in [-0.15, -0.1) is 12.4 Å². The van der Waals surface area contributed by atoms with Crippen LogP contribution in [0.2, 0.25) is 0 Å². The van der Waals surface area contributed by atoms with E-state index >= 15 is 0 Å². The van der Waals surface area contributed by atoms with Gasteiger partial charge in [0, 0.05) is 30.8 Å². The number of esters is 1. The van der Waals surface area contributed by atoms with Crippen LogP contribution in [0.25, 0.3) is 0 Å². The van der Waals surface area contributed by atoms with E-state index in [4.69, 9.17) is 0 Å². The molecule has 1 aromatic heterocycles. The molecular weight excluding hydrogens is 320 g/mol. The van der Waals surface area contributed by atoms with Crippen molar-refractivity contribution in [2.45, 2.75) is 50.7 Å². The molecule has 23 heavy (non-hydrogen) atoms. The van der Waals surface area contributed by atoms with Crippen molar-refractivity contribution in [3.63, 3.8) is 0 Å². The molecule has 3 rings (SSSR count). The van der Waals surface area contributed by atoms with Crippen molar-refractivity contribution >= 4 is 30.1 Å². The van der Waals surface area contributed by atoms with Crippen LogP contribution in [0.3, 0.4) is 0 Å². The fourth-order valence-electron chi connectivity index (χ4n) is 3.51. The topological polar surface area (TPSA) is 85.2 Å². The Balaban J connectivity index is 0.00000192.